The molecule has 0 bridgehead atoms. The maximum atomic E-state index is 12.8. The summed E-state index contributed by atoms with van der Waals surface area (Å²) in [7, 11) is -3.72. The second kappa shape index (κ2) is 4.19. The minimum atomic E-state index is -3.72. The number of nitrogen functional groups attached to an aromatic ring is 1. The Morgan fingerprint density at radius 1 is 1.37 bits per heavy atom. The summed E-state index contributed by atoms with van der Waals surface area (Å²) in [4.78, 5) is -0.0238. The Labute approximate surface area is 111 Å². The lowest BCUT2D eigenvalue weighted by atomic mass is 9.87. The molecule has 1 saturated carbocycles. The Hall–Kier alpha value is -1.12. The summed E-state index contributed by atoms with van der Waals surface area (Å²) in [6.07, 6.45) is 3.13. The monoisotopic (exact) mass is 287 g/mol. The van der Waals surface area contributed by atoms with Crippen LogP contribution in [-0.4, -0.2) is 36.8 Å². The van der Waals surface area contributed by atoms with Crippen molar-refractivity contribution < 1.29 is 17.7 Å². The van der Waals surface area contributed by atoms with Crippen LogP contribution in [0.5, 0.6) is 0 Å². The molecular formula is C11H17N3O4S. The number of sulfonamides is 1. The third kappa shape index (κ3) is 1.78. The highest BCUT2D eigenvalue weighted by Gasteiger charge is 2.52. The molecule has 1 aliphatic carbocycles. The third-order valence-electron chi connectivity index (χ3n) is 3.85. The molecule has 1 aromatic heterocycles. The number of rotatable bonds is 2. The van der Waals surface area contributed by atoms with E-state index in [1.165, 1.54) is 4.31 Å². The fraction of sp³-hybridized carbons (Fsp3) is 0.727. The Kier molecular flexibility index (Phi) is 2.84. The maximum Gasteiger partial charge on any atom is 0.252 e. The van der Waals surface area contributed by atoms with Crippen LogP contribution in [0.1, 0.15) is 31.4 Å². The molecule has 0 unspecified atom stereocenters. The Balaban J connectivity index is 2.04. The Bertz CT molecular complexity index is 572. The first-order chi connectivity index (χ1) is 8.97. The number of nitrogens with two attached hydrogens (primary N) is 1. The second-order valence-electron chi connectivity index (χ2n) is 5.03. The predicted octanol–water partition coefficient (Wildman–Crippen LogP) is 0.856. The smallest absolute Gasteiger partial charge is 0.252 e. The van der Waals surface area contributed by atoms with Gasteiger partial charge in [-0.05, 0) is 32.6 Å². The van der Waals surface area contributed by atoms with E-state index >= 15 is 0 Å². The SMILES string of the molecule is Cc1onc(N)c1S(=O)(=O)N1CCCOC12CCC2. The average Bonchev–Trinajstić information content (AvgIpc) is 2.67. The fourth-order valence-corrected chi connectivity index (χ4v) is 4.73. The van der Waals surface area contributed by atoms with Crippen molar-refractivity contribution in [2.75, 3.05) is 18.9 Å². The summed E-state index contributed by atoms with van der Waals surface area (Å²) >= 11 is 0. The molecule has 0 radical (unpaired) electrons. The summed E-state index contributed by atoms with van der Waals surface area (Å²) in [6, 6.07) is 0. The van der Waals surface area contributed by atoms with Gasteiger partial charge in [-0.1, -0.05) is 5.16 Å². The Morgan fingerprint density at radius 3 is 2.63 bits per heavy atom. The van der Waals surface area contributed by atoms with E-state index in [2.05, 4.69) is 5.16 Å². The van der Waals surface area contributed by atoms with Crippen LogP contribution in [0, 0.1) is 6.92 Å². The lowest BCUT2D eigenvalue weighted by Gasteiger charge is -2.51. The van der Waals surface area contributed by atoms with Gasteiger partial charge in [0.1, 0.15) is 5.72 Å². The summed E-state index contributed by atoms with van der Waals surface area (Å²) < 4.78 is 37.6. The van der Waals surface area contributed by atoms with Crippen molar-refractivity contribution in [3.05, 3.63) is 5.76 Å². The molecule has 0 aromatic carbocycles. The lowest BCUT2D eigenvalue weighted by molar-refractivity contribution is -0.193. The van der Waals surface area contributed by atoms with Crippen LogP contribution < -0.4 is 5.73 Å². The number of nitrogens with zero attached hydrogens (tertiary/aromatic N) is 2. The number of aryl methyl sites for hydroxylation is 1. The molecular weight excluding hydrogens is 270 g/mol. The highest BCUT2D eigenvalue weighted by molar-refractivity contribution is 7.89. The molecule has 0 atom stereocenters. The minimum Gasteiger partial charge on any atom is -0.380 e. The van der Waals surface area contributed by atoms with Gasteiger partial charge in [0.25, 0.3) is 10.0 Å². The average molecular weight is 287 g/mol. The van der Waals surface area contributed by atoms with Crippen molar-refractivity contribution in [1.29, 1.82) is 0 Å². The van der Waals surface area contributed by atoms with Gasteiger partial charge in [-0.25, -0.2) is 8.42 Å². The maximum absolute atomic E-state index is 12.8. The van der Waals surface area contributed by atoms with Crippen molar-refractivity contribution >= 4 is 15.8 Å². The second-order valence-corrected chi connectivity index (χ2v) is 6.83. The van der Waals surface area contributed by atoms with E-state index in [0.717, 1.165) is 19.3 Å². The third-order valence-corrected chi connectivity index (χ3v) is 5.96. The molecule has 2 heterocycles. The number of anilines is 1. The summed E-state index contributed by atoms with van der Waals surface area (Å²) in [5.41, 5.74) is 4.96. The molecule has 2 N–H and O–H groups in total. The first-order valence-electron chi connectivity index (χ1n) is 6.36. The van der Waals surface area contributed by atoms with Gasteiger partial charge in [0.05, 0.1) is 6.61 Å². The van der Waals surface area contributed by atoms with Crippen molar-refractivity contribution in [3.63, 3.8) is 0 Å². The normalized spacial score (nSPS) is 23.4. The zero-order chi connectivity index (χ0) is 13.7. The highest BCUT2D eigenvalue weighted by Crippen LogP contribution is 2.44. The van der Waals surface area contributed by atoms with E-state index in [0.29, 0.717) is 19.6 Å². The van der Waals surface area contributed by atoms with Crippen LogP contribution in [0.4, 0.5) is 5.82 Å². The van der Waals surface area contributed by atoms with Gasteiger partial charge in [0.2, 0.25) is 0 Å². The Morgan fingerprint density at radius 2 is 2.11 bits per heavy atom. The van der Waals surface area contributed by atoms with E-state index in [-0.39, 0.29) is 16.5 Å². The molecule has 2 fully saturated rings. The quantitative estimate of drug-likeness (QED) is 0.866. The van der Waals surface area contributed by atoms with E-state index < -0.39 is 15.7 Å². The summed E-state index contributed by atoms with van der Waals surface area (Å²) in [6.45, 7) is 2.60. The molecule has 8 heteroatoms. The van der Waals surface area contributed by atoms with Crippen LogP contribution >= 0.6 is 0 Å². The first-order valence-corrected chi connectivity index (χ1v) is 7.80. The van der Waals surface area contributed by atoms with Gasteiger partial charge in [0.15, 0.2) is 16.5 Å². The van der Waals surface area contributed by atoms with Crippen LogP contribution in [0.15, 0.2) is 9.42 Å². The van der Waals surface area contributed by atoms with Crippen molar-refractivity contribution in [2.24, 2.45) is 0 Å². The predicted molar refractivity (Wildman–Crippen MR) is 66.7 cm³/mol. The molecule has 106 valence electrons. The van der Waals surface area contributed by atoms with E-state index in [1.54, 1.807) is 6.92 Å². The number of hydrogen-bond donors (Lipinski definition) is 1. The van der Waals surface area contributed by atoms with Gasteiger partial charge >= 0.3 is 0 Å². The van der Waals surface area contributed by atoms with Crippen molar-refractivity contribution in [2.45, 2.75) is 43.2 Å². The zero-order valence-corrected chi connectivity index (χ0v) is 11.6. The number of ether oxygens (including phenoxy) is 1. The van der Waals surface area contributed by atoms with E-state index in [1.807, 2.05) is 0 Å². The molecule has 1 aromatic rings. The largest absolute Gasteiger partial charge is 0.380 e. The van der Waals surface area contributed by atoms with Gasteiger partial charge in [-0.2, -0.15) is 4.31 Å². The summed E-state index contributed by atoms with van der Waals surface area (Å²) in [5, 5.41) is 3.53. The standard InChI is InChI=1S/C11H17N3O4S/c1-8-9(10(12)13-18-8)19(15,16)14-6-3-7-17-11(14)4-2-5-11/h2-7H2,1H3,(H2,12,13). The molecule has 2 aliphatic rings. The topological polar surface area (TPSA) is 98.7 Å². The van der Waals surface area contributed by atoms with Gasteiger partial charge < -0.3 is 15.0 Å². The fourth-order valence-electron chi connectivity index (χ4n) is 2.76. The zero-order valence-electron chi connectivity index (χ0n) is 10.8. The van der Waals surface area contributed by atoms with Crippen LogP contribution in [0.2, 0.25) is 0 Å². The molecule has 19 heavy (non-hydrogen) atoms. The highest BCUT2D eigenvalue weighted by atomic mass is 32.2. The van der Waals surface area contributed by atoms with Crippen LogP contribution in [0.3, 0.4) is 0 Å². The van der Waals surface area contributed by atoms with Crippen LogP contribution in [-0.2, 0) is 14.8 Å². The van der Waals surface area contributed by atoms with E-state index in [9.17, 15) is 8.42 Å². The van der Waals surface area contributed by atoms with E-state index in [4.69, 9.17) is 15.0 Å². The number of hydrogen-bond acceptors (Lipinski definition) is 6. The first kappa shape index (κ1) is 12.9. The molecule has 3 rings (SSSR count). The molecule has 1 aliphatic heterocycles. The lowest BCUT2D eigenvalue weighted by Crippen LogP contribution is -2.60. The van der Waals surface area contributed by atoms with Crippen molar-refractivity contribution in [1.82, 2.24) is 9.46 Å². The van der Waals surface area contributed by atoms with Crippen molar-refractivity contribution in [3.8, 4) is 0 Å². The molecule has 1 spiro atoms. The minimum absolute atomic E-state index is 0.0238. The molecule has 0 amide bonds. The van der Waals surface area contributed by atoms with Crippen LogP contribution in [0.25, 0.3) is 0 Å². The van der Waals surface area contributed by atoms with Gasteiger partial charge in [-0.3, -0.25) is 0 Å². The molecule has 1 saturated heterocycles. The number of aromatic nitrogens is 1. The molecule has 7 nitrogen and oxygen atoms in total. The summed E-state index contributed by atoms with van der Waals surface area (Å²) in [5.74, 6) is 0.134. The van der Waals surface area contributed by atoms with Gasteiger partial charge in [0, 0.05) is 6.54 Å². The van der Waals surface area contributed by atoms with Gasteiger partial charge in [-0.15, -0.1) is 0 Å².